The van der Waals surface area contributed by atoms with Crippen LogP contribution in [0, 0.1) is 5.92 Å². The SMILES string of the molecule is COc1cc(C=CC(=O)N2CCC(CSCc3ccco3)CC2)cc(OC)c1OC. The van der Waals surface area contributed by atoms with E-state index in [4.69, 9.17) is 18.6 Å². The summed E-state index contributed by atoms with van der Waals surface area (Å²) in [6.07, 6.45) is 7.19. The van der Waals surface area contributed by atoms with Gasteiger partial charge in [-0.15, -0.1) is 0 Å². The molecule has 0 unspecified atom stereocenters. The Kier molecular flexibility index (Phi) is 8.13. The number of piperidine rings is 1. The van der Waals surface area contributed by atoms with E-state index in [2.05, 4.69) is 0 Å². The van der Waals surface area contributed by atoms with E-state index in [1.807, 2.05) is 40.9 Å². The summed E-state index contributed by atoms with van der Waals surface area (Å²) in [5.74, 6) is 5.38. The molecule has 1 fully saturated rings. The highest BCUT2D eigenvalue weighted by molar-refractivity contribution is 7.98. The molecule has 2 heterocycles. The molecule has 0 saturated carbocycles. The molecule has 1 amide bonds. The van der Waals surface area contributed by atoms with E-state index in [-0.39, 0.29) is 5.91 Å². The van der Waals surface area contributed by atoms with Gasteiger partial charge in [-0.2, -0.15) is 11.8 Å². The third kappa shape index (κ3) is 5.75. The van der Waals surface area contributed by atoms with Crippen LogP contribution in [0.3, 0.4) is 0 Å². The first-order valence-corrected chi connectivity index (χ1v) is 11.2. The molecule has 7 heteroatoms. The Balaban J connectivity index is 1.50. The highest BCUT2D eigenvalue weighted by Crippen LogP contribution is 2.38. The van der Waals surface area contributed by atoms with E-state index < -0.39 is 0 Å². The van der Waals surface area contributed by atoms with E-state index in [9.17, 15) is 4.79 Å². The number of rotatable bonds is 9. The van der Waals surface area contributed by atoms with Crippen molar-refractivity contribution in [1.29, 1.82) is 0 Å². The Labute approximate surface area is 182 Å². The summed E-state index contributed by atoms with van der Waals surface area (Å²) in [5.41, 5.74) is 0.821. The zero-order valence-electron chi connectivity index (χ0n) is 17.8. The third-order valence-electron chi connectivity index (χ3n) is 5.21. The van der Waals surface area contributed by atoms with Crippen molar-refractivity contribution in [3.05, 3.63) is 47.9 Å². The number of carbonyl (C=O) groups is 1. The standard InChI is InChI=1S/C23H29NO5S/c1-26-20-13-18(14-21(27-2)23(20)28-3)6-7-22(25)24-10-8-17(9-11-24)15-30-16-19-5-4-12-29-19/h4-7,12-14,17H,8-11,15-16H2,1-3H3. The van der Waals surface area contributed by atoms with Crippen LogP contribution in [0.25, 0.3) is 6.08 Å². The summed E-state index contributed by atoms with van der Waals surface area (Å²) in [5, 5.41) is 0. The van der Waals surface area contributed by atoms with Gasteiger partial charge in [0.25, 0.3) is 0 Å². The molecule has 0 N–H and O–H groups in total. The number of thioether (sulfide) groups is 1. The number of nitrogens with zero attached hydrogens (tertiary/aromatic N) is 1. The first kappa shape index (κ1) is 22.2. The molecule has 1 aromatic heterocycles. The van der Waals surface area contributed by atoms with Gasteiger partial charge in [-0.25, -0.2) is 0 Å². The van der Waals surface area contributed by atoms with Gasteiger partial charge in [0.15, 0.2) is 11.5 Å². The Bertz CT molecular complexity index is 816. The number of ether oxygens (including phenoxy) is 3. The van der Waals surface area contributed by atoms with Crippen molar-refractivity contribution in [2.75, 3.05) is 40.2 Å². The number of carbonyl (C=O) groups excluding carboxylic acids is 1. The predicted molar refractivity (Wildman–Crippen MR) is 119 cm³/mol. The van der Waals surface area contributed by atoms with E-state index >= 15 is 0 Å². The number of hydrogen-bond acceptors (Lipinski definition) is 6. The maximum atomic E-state index is 12.6. The van der Waals surface area contributed by atoms with Crippen LogP contribution in [0.4, 0.5) is 0 Å². The Morgan fingerprint density at radius 3 is 2.43 bits per heavy atom. The first-order chi connectivity index (χ1) is 14.6. The number of methoxy groups -OCH3 is 3. The Morgan fingerprint density at radius 1 is 1.17 bits per heavy atom. The van der Waals surface area contributed by atoms with Crippen molar-refractivity contribution in [2.24, 2.45) is 5.92 Å². The van der Waals surface area contributed by atoms with Gasteiger partial charge in [0.1, 0.15) is 5.76 Å². The fourth-order valence-electron chi connectivity index (χ4n) is 3.51. The zero-order valence-corrected chi connectivity index (χ0v) is 18.6. The van der Waals surface area contributed by atoms with Crippen molar-refractivity contribution < 1.29 is 23.4 Å². The van der Waals surface area contributed by atoms with Crippen LogP contribution < -0.4 is 14.2 Å². The minimum Gasteiger partial charge on any atom is -0.493 e. The van der Waals surface area contributed by atoms with Crippen LogP contribution in [-0.2, 0) is 10.5 Å². The lowest BCUT2D eigenvalue weighted by molar-refractivity contribution is -0.127. The molecule has 0 atom stereocenters. The maximum Gasteiger partial charge on any atom is 0.246 e. The number of hydrogen-bond donors (Lipinski definition) is 0. The van der Waals surface area contributed by atoms with Gasteiger partial charge >= 0.3 is 0 Å². The molecule has 0 spiro atoms. The van der Waals surface area contributed by atoms with Crippen molar-refractivity contribution in [1.82, 2.24) is 4.90 Å². The average molecular weight is 432 g/mol. The van der Waals surface area contributed by atoms with Crippen LogP contribution in [0.15, 0.2) is 41.0 Å². The Morgan fingerprint density at radius 2 is 1.87 bits per heavy atom. The molecule has 1 saturated heterocycles. The molecule has 0 bridgehead atoms. The highest BCUT2D eigenvalue weighted by atomic mass is 32.2. The predicted octanol–water partition coefficient (Wildman–Crippen LogP) is 4.49. The molecule has 0 aliphatic carbocycles. The van der Waals surface area contributed by atoms with Gasteiger partial charge in [0.2, 0.25) is 11.7 Å². The minimum atomic E-state index is 0.0328. The lowest BCUT2D eigenvalue weighted by Crippen LogP contribution is -2.38. The van der Waals surface area contributed by atoms with Crippen LogP contribution in [0.2, 0.25) is 0 Å². The second kappa shape index (κ2) is 11.0. The molecule has 1 aliphatic rings. The van der Waals surface area contributed by atoms with Crippen molar-refractivity contribution in [3.8, 4) is 17.2 Å². The van der Waals surface area contributed by atoms with E-state index in [1.54, 1.807) is 39.7 Å². The molecule has 1 aromatic carbocycles. The molecule has 1 aliphatic heterocycles. The summed E-state index contributed by atoms with van der Waals surface area (Å²) >= 11 is 1.90. The van der Waals surface area contributed by atoms with Gasteiger partial charge in [0.05, 0.1) is 33.3 Å². The summed E-state index contributed by atoms with van der Waals surface area (Å²) in [7, 11) is 4.72. The van der Waals surface area contributed by atoms with E-state index in [0.717, 1.165) is 48.8 Å². The normalized spacial score (nSPS) is 14.8. The number of furan rings is 1. The molecule has 30 heavy (non-hydrogen) atoms. The summed E-state index contributed by atoms with van der Waals surface area (Å²) in [4.78, 5) is 14.5. The van der Waals surface area contributed by atoms with E-state index in [0.29, 0.717) is 23.2 Å². The number of benzene rings is 1. The lowest BCUT2D eigenvalue weighted by atomic mass is 9.99. The van der Waals surface area contributed by atoms with Gasteiger partial charge in [-0.3, -0.25) is 4.79 Å². The molecule has 3 rings (SSSR count). The third-order valence-corrected chi connectivity index (χ3v) is 6.41. The van der Waals surface area contributed by atoms with Crippen LogP contribution >= 0.6 is 11.8 Å². The number of likely N-dealkylation sites (tertiary alicyclic amines) is 1. The second-order valence-electron chi connectivity index (χ2n) is 7.16. The summed E-state index contributed by atoms with van der Waals surface area (Å²) < 4.78 is 21.4. The average Bonchev–Trinajstić information content (AvgIpc) is 3.30. The van der Waals surface area contributed by atoms with E-state index in [1.165, 1.54) is 0 Å². The Hall–Kier alpha value is -2.54. The summed E-state index contributed by atoms with van der Waals surface area (Å²) in [6, 6.07) is 7.58. The van der Waals surface area contributed by atoms with Crippen molar-refractivity contribution in [3.63, 3.8) is 0 Å². The van der Waals surface area contributed by atoms with Gasteiger partial charge in [-0.1, -0.05) is 0 Å². The van der Waals surface area contributed by atoms with Crippen molar-refractivity contribution in [2.45, 2.75) is 18.6 Å². The fraction of sp³-hybridized carbons (Fsp3) is 0.435. The first-order valence-electron chi connectivity index (χ1n) is 10.0. The van der Waals surface area contributed by atoms with Crippen LogP contribution in [0.1, 0.15) is 24.2 Å². The quantitative estimate of drug-likeness (QED) is 0.545. The second-order valence-corrected chi connectivity index (χ2v) is 8.19. The smallest absolute Gasteiger partial charge is 0.246 e. The maximum absolute atomic E-state index is 12.6. The molecule has 0 radical (unpaired) electrons. The summed E-state index contributed by atoms with van der Waals surface area (Å²) in [6.45, 7) is 1.59. The largest absolute Gasteiger partial charge is 0.493 e. The number of amides is 1. The van der Waals surface area contributed by atoms with Crippen LogP contribution in [0.5, 0.6) is 17.2 Å². The van der Waals surface area contributed by atoms with Gasteiger partial charge in [-0.05, 0) is 60.4 Å². The van der Waals surface area contributed by atoms with Crippen LogP contribution in [-0.4, -0.2) is 51.0 Å². The van der Waals surface area contributed by atoms with Gasteiger partial charge < -0.3 is 23.5 Å². The van der Waals surface area contributed by atoms with Crippen molar-refractivity contribution >= 4 is 23.7 Å². The highest BCUT2D eigenvalue weighted by Gasteiger charge is 2.21. The molecule has 6 nitrogen and oxygen atoms in total. The topological polar surface area (TPSA) is 61.1 Å². The monoisotopic (exact) mass is 431 g/mol. The molecule has 162 valence electrons. The molecular formula is C23H29NO5S. The fourth-order valence-corrected chi connectivity index (χ4v) is 4.66. The molecule has 2 aromatic rings. The van der Waals surface area contributed by atoms with Gasteiger partial charge in [0, 0.05) is 19.2 Å². The minimum absolute atomic E-state index is 0.0328. The lowest BCUT2D eigenvalue weighted by Gasteiger charge is -2.31. The zero-order chi connectivity index (χ0) is 21.3. The molecular weight excluding hydrogens is 402 g/mol.